The lowest BCUT2D eigenvalue weighted by Crippen LogP contribution is -1.77. The van der Waals surface area contributed by atoms with Crippen molar-refractivity contribution >= 4 is 46.4 Å². The SMILES string of the molecule is C1=Cc2cc3ccc(cc4ccc(cc5nc(cc1n2)C=C5)[nH]4)[nH]3.c1cocn1.c1conn1. The Labute approximate surface area is 193 Å². The average Bonchev–Trinajstić information content (AvgIpc) is 3.65. The molecule has 8 bridgehead atoms. The van der Waals surface area contributed by atoms with Crippen molar-refractivity contribution in [3.63, 3.8) is 0 Å². The number of nitrogens with one attached hydrogen (secondary N) is 2. The Hall–Kier alpha value is -5.05. The van der Waals surface area contributed by atoms with Crippen LogP contribution in [0.2, 0.25) is 0 Å². The Balaban J connectivity index is 0.000000199. The third-order valence-electron chi connectivity index (χ3n) is 4.67. The Morgan fingerprint density at radius 2 is 1.15 bits per heavy atom. The van der Waals surface area contributed by atoms with Crippen LogP contribution in [0.3, 0.4) is 0 Å². The van der Waals surface area contributed by atoms with Crippen LogP contribution in [0.25, 0.3) is 46.4 Å². The average molecular weight is 449 g/mol. The van der Waals surface area contributed by atoms with E-state index in [4.69, 9.17) is 0 Å². The summed E-state index contributed by atoms with van der Waals surface area (Å²) in [5.74, 6) is 0. The van der Waals surface area contributed by atoms with E-state index in [-0.39, 0.29) is 0 Å². The predicted octanol–water partition coefficient (Wildman–Crippen LogP) is 5.40. The fourth-order valence-corrected chi connectivity index (χ4v) is 3.26. The van der Waals surface area contributed by atoms with Crippen molar-refractivity contribution in [2.24, 2.45) is 0 Å². The summed E-state index contributed by atoms with van der Waals surface area (Å²) in [6.07, 6.45) is 15.4. The summed E-state index contributed by atoms with van der Waals surface area (Å²) >= 11 is 0. The predicted molar refractivity (Wildman–Crippen MR) is 130 cm³/mol. The lowest BCUT2D eigenvalue weighted by molar-refractivity contribution is 0.393. The lowest BCUT2D eigenvalue weighted by atomic mass is 10.3. The highest BCUT2D eigenvalue weighted by molar-refractivity contribution is 5.77. The molecular weight excluding hydrogens is 430 g/mol. The molecule has 7 rings (SSSR count). The second kappa shape index (κ2) is 10.0. The highest BCUT2D eigenvalue weighted by atomic mass is 16.5. The Morgan fingerprint density at radius 1 is 0.588 bits per heavy atom. The number of hydrogen-bond acceptors (Lipinski definition) is 7. The zero-order chi connectivity index (χ0) is 23.0. The molecule has 9 nitrogen and oxygen atoms in total. The van der Waals surface area contributed by atoms with Gasteiger partial charge in [0.15, 0.2) is 6.39 Å². The highest BCUT2D eigenvalue weighted by Gasteiger charge is 2.02. The number of aromatic nitrogens is 7. The summed E-state index contributed by atoms with van der Waals surface area (Å²) in [7, 11) is 0. The second-order valence-electron chi connectivity index (χ2n) is 7.17. The number of hydrogen-bond donors (Lipinski definition) is 2. The molecule has 2 aliphatic rings. The summed E-state index contributed by atoms with van der Waals surface area (Å²) in [4.78, 5) is 19.6. The molecule has 0 atom stereocenters. The summed E-state index contributed by atoms with van der Waals surface area (Å²) in [5, 5.41) is 6.40. The second-order valence-corrected chi connectivity index (χ2v) is 7.17. The van der Waals surface area contributed by atoms with Crippen LogP contribution in [0, 0.1) is 0 Å². The lowest BCUT2D eigenvalue weighted by Gasteiger charge is -1.86. The Kier molecular flexibility index (Phi) is 6.16. The standard InChI is InChI=1S/C20H14N4.C3H3NO.C2H2N2O/c1-2-14-10-16-5-6-18(23-16)12-20-8-7-19(24-20)11-17-4-3-15(22-17)9-13(1)21-14;1-2-5-3-4-1;1-2-5-4-3-1/h1-12,21-22H;1-3H;1-2H. The molecule has 0 fully saturated rings. The first-order valence-electron chi connectivity index (χ1n) is 10.4. The molecule has 0 radical (unpaired) electrons. The van der Waals surface area contributed by atoms with E-state index in [2.05, 4.69) is 74.6 Å². The summed E-state index contributed by atoms with van der Waals surface area (Å²) < 4.78 is 8.69. The number of rotatable bonds is 0. The molecule has 34 heavy (non-hydrogen) atoms. The maximum Gasteiger partial charge on any atom is 0.180 e. The van der Waals surface area contributed by atoms with Crippen molar-refractivity contribution in [3.05, 3.63) is 103 Å². The minimum Gasteiger partial charge on any atom is -0.452 e. The summed E-state index contributed by atoms with van der Waals surface area (Å²) in [6, 6.07) is 16.4. The molecule has 166 valence electrons. The Bertz CT molecular complexity index is 1410. The van der Waals surface area contributed by atoms with Crippen LogP contribution >= 0.6 is 0 Å². The molecule has 7 heterocycles. The van der Waals surface area contributed by atoms with E-state index in [1.54, 1.807) is 6.20 Å². The molecule has 2 aliphatic heterocycles. The van der Waals surface area contributed by atoms with E-state index in [1.165, 1.54) is 25.1 Å². The fraction of sp³-hybridized carbons (Fsp3) is 0. The highest BCUT2D eigenvalue weighted by Crippen LogP contribution is 2.17. The molecule has 0 aromatic carbocycles. The fourth-order valence-electron chi connectivity index (χ4n) is 3.26. The normalized spacial score (nSPS) is 11.3. The van der Waals surface area contributed by atoms with E-state index < -0.39 is 0 Å². The van der Waals surface area contributed by atoms with Gasteiger partial charge in [0.1, 0.15) is 12.5 Å². The molecule has 0 aliphatic carbocycles. The third kappa shape index (κ3) is 5.60. The molecule has 2 N–H and O–H groups in total. The molecule has 5 aromatic heterocycles. The quantitative estimate of drug-likeness (QED) is 0.318. The van der Waals surface area contributed by atoms with Gasteiger partial charge in [-0.25, -0.2) is 15.0 Å². The van der Waals surface area contributed by atoms with E-state index >= 15 is 0 Å². The number of fused-ring (bicyclic) bond motifs is 8. The van der Waals surface area contributed by atoms with Crippen molar-refractivity contribution in [3.8, 4) is 0 Å². The van der Waals surface area contributed by atoms with Crippen LogP contribution in [-0.4, -0.2) is 35.3 Å². The first-order valence-corrected chi connectivity index (χ1v) is 10.4. The van der Waals surface area contributed by atoms with Crippen LogP contribution < -0.4 is 0 Å². The van der Waals surface area contributed by atoms with Crippen molar-refractivity contribution in [1.82, 2.24) is 35.3 Å². The van der Waals surface area contributed by atoms with Gasteiger partial charge in [0, 0.05) is 27.3 Å². The zero-order valence-corrected chi connectivity index (χ0v) is 17.9. The molecule has 0 saturated heterocycles. The smallest absolute Gasteiger partial charge is 0.180 e. The first-order chi connectivity index (χ1) is 16.8. The van der Waals surface area contributed by atoms with E-state index in [0.29, 0.717) is 0 Å². The van der Waals surface area contributed by atoms with Gasteiger partial charge < -0.3 is 18.9 Å². The van der Waals surface area contributed by atoms with Gasteiger partial charge in [0.2, 0.25) is 0 Å². The van der Waals surface area contributed by atoms with Crippen molar-refractivity contribution < 1.29 is 8.94 Å². The van der Waals surface area contributed by atoms with Gasteiger partial charge in [-0.1, -0.05) is 0 Å². The van der Waals surface area contributed by atoms with Crippen LogP contribution in [0.4, 0.5) is 0 Å². The maximum atomic E-state index is 4.62. The minimum atomic E-state index is 0.915. The molecule has 0 saturated carbocycles. The van der Waals surface area contributed by atoms with E-state index in [0.717, 1.165) is 44.8 Å². The first kappa shape index (κ1) is 20.8. The van der Waals surface area contributed by atoms with Crippen molar-refractivity contribution in [2.75, 3.05) is 0 Å². The molecule has 0 amide bonds. The number of oxazole rings is 1. The van der Waals surface area contributed by atoms with Gasteiger partial charge in [0.05, 0.1) is 35.2 Å². The van der Waals surface area contributed by atoms with Gasteiger partial charge in [-0.3, -0.25) is 0 Å². The molecule has 0 unspecified atom stereocenters. The van der Waals surface area contributed by atoms with E-state index in [1.807, 2.05) is 42.5 Å². The molecule has 0 spiro atoms. The van der Waals surface area contributed by atoms with Gasteiger partial charge in [-0.05, 0) is 72.8 Å². The number of nitrogens with zero attached hydrogens (tertiary/aromatic N) is 5. The van der Waals surface area contributed by atoms with Crippen LogP contribution in [0.15, 0.2) is 88.8 Å². The van der Waals surface area contributed by atoms with Crippen LogP contribution in [0.1, 0.15) is 22.8 Å². The Morgan fingerprint density at radius 3 is 1.53 bits per heavy atom. The van der Waals surface area contributed by atoms with Gasteiger partial charge in [-0.2, -0.15) is 0 Å². The van der Waals surface area contributed by atoms with Gasteiger partial charge in [-0.15, -0.1) is 5.10 Å². The topological polar surface area (TPSA) is 122 Å². The maximum absolute atomic E-state index is 4.62. The largest absolute Gasteiger partial charge is 0.452 e. The van der Waals surface area contributed by atoms with Crippen molar-refractivity contribution in [2.45, 2.75) is 0 Å². The zero-order valence-electron chi connectivity index (χ0n) is 17.9. The van der Waals surface area contributed by atoms with Crippen molar-refractivity contribution in [1.29, 1.82) is 0 Å². The number of aromatic amines is 2. The molecular formula is C25H19N7O2. The van der Waals surface area contributed by atoms with E-state index in [9.17, 15) is 0 Å². The monoisotopic (exact) mass is 449 g/mol. The minimum absolute atomic E-state index is 0.915. The summed E-state index contributed by atoms with van der Waals surface area (Å²) in [6.45, 7) is 0. The van der Waals surface area contributed by atoms with Gasteiger partial charge in [0.25, 0.3) is 0 Å². The van der Waals surface area contributed by atoms with Crippen LogP contribution in [-0.2, 0) is 0 Å². The molecule has 5 aromatic rings. The van der Waals surface area contributed by atoms with Crippen LogP contribution in [0.5, 0.6) is 0 Å². The number of H-pyrrole nitrogens is 2. The molecule has 9 heteroatoms. The third-order valence-corrected chi connectivity index (χ3v) is 4.67. The summed E-state index contributed by atoms with van der Waals surface area (Å²) in [5.41, 5.74) is 7.86. The van der Waals surface area contributed by atoms with Gasteiger partial charge >= 0.3 is 0 Å².